The fourth-order valence-electron chi connectivity index (χ4n) is 4.36. The van der Waals surface area contributed by atoms with Crippen LogP contribution in [0.15, 0.2) is 65.0 Å². The lowest BCUT2D eigenvalue weighted by Gasteiger charge is -2.36. The fourth-order valence-corrected chi connectivity index (χ4v) is 4.55. The minimum absolute atomic E-state index is 0.00337. The van der Waals surface area contributed by atoms with Gasteiger partial charge in [-0.2, -0.15) is 0 Å². The van der Waals surface area contributed by atoms with Gasteiger partial charge in [0, 0.05) is 55.7 Å². The standard InChI is InChI=1S/C29H33ClF2N8O3/c1-18-12-19(33)6-7-22(18)43-26-15-25(40(35)17-38-26)37-10-5-4-9-36-21-13-20(41-3)14-23(27(21)28(30)34)42-24-8-11-39(2)16-29(24,31)32/h5-7,9-10,12-15,17,24,34H,4,8,11,16,33,35H2,1-3H3/b10-5-,34-28?,36-9?,37-25?. The molecule has 43 heavy (non-hydrogen) atoms. The molecule has 1 unspecified atom stereocenters. The molecule has 11 nitrogen and oxygen atoms in total. The van der Waals surface area contributed by atoms with Gasteiger partial charge in [0.25, 0.3) is 5.92 Å². The minimum atomic E-state index is -3.09. The first kappa shape index (κ1) is 31.4. The van der Waals surface area contributed by atoms with E-state index in [1.54, 1.807) is 54.6 Å². The molecule has 3 aromatic rings. The highest BCUT2D eigenvalue weighted by molar-refractivity contribution is 6.69. The van der Waals surface area contributed by atoms with E-state index >= 15 is 0 Å². The van der Waals surface area contributed by atoms with Crippen molar-refractivity contribution < 1.29 is 23.0 Å². The van der Waals surface area contributed by atoms with Crippen molar-refractivity contribution in [3.63, 3.8) is 0 Å². The Morgan fingerprint density at radius 3 is 2.74 bits per heavy atom. The van der Waals surface area contributed by atoms with Gasteiger partial charge < -0.3 is 30.7 Å². The number of hydrogen-bond acceptors (Lipinski definition) is 10. The first-order valence-electron chi connectivity index (χ1n) is 13.3. The van der Waals surface area contributed by atoms with Crippen LogP contribution < -0.4 is 31.3 Å². The third kappa shape index (κ3) is 8.08. The Morgan fingerprint density at radius 1 is 1.26 bits per heavy atom. The van der Waals surface area contributed by atoms with Crippen LogP contribution in [-0.2, 0) is 0 Å². The third-order valence-electron chi connectivity index (χ3n) is 6.53. The van der Waals surface area contributed by atoms with E-state index in [4.69, 9.17) is 42.8 Å². The Kier molecular flexibility index (Phi) is 9.99. The lowest BCUT2D eigenvalue weighted by Crippen LogP contribution is -2.52. The maximum absolute atomic E-state index is 14.7. The van der Waals surface area contributed by atoms with Crippen molar-refractivity contribution in [2.45, 2.75) is 31.8 Å². The average molecular weight is 615 g/mol. The zero-order chi connectivity index (χ0) is 31.1. The van der Waals surface area contributed by atoms with Gasteiger partial charge in [0.2, 0.25) is 5.88 Å². The number of nitrogen functional groups attached to an aromatic ring is 2. The molecule has 1 atom stereocenters. The van der Waals surface area contributed by atoms with Crippen LogP contribution >= 0.6 is 11.6 Å². The number of hydrogen-bond donors (Lipinski definition) is 3. The van der Waals surface area contributed by atoms with Crippen molar-refractivity contribution in [1.82, 2.24) is 14.6 Å². The maximum atomic E-state index is 14.7. The molecular weight excluding hydrogens is 582 g/mol. The van der Waals surface area contributed by atoms with Gasteiger partial charge in [-0.25, -0.2) is 23.4 Å². The highest BCUT2D eigenvalue weighted by Crippen LogP contribution is 2.39. The molecule has 1 fully saturated rings. The van der Waals surface area contributed by atoms with Crippen molar-refractivity contribution >= 4 is 34.4 Å². The van der Waals surface area contributed by atoms with Crippen LogP contribution in [0, 0.1) is 12.3 Å². The summed E-state index contributed by atoms with van der Waals surface area (Å²) in [7, 11) is 3.06. The van der Waals surface area contributed by atoms with Crippen LogP contribution in [0.1, 0.15) is 24.0 Å². The predicted molar refractivity (Wildman–Crippen MR) is 163 cm³/mol. The predicted octanol–water partition coefficient (Wildman–Crippen LogP) is 4.78. The number of alkyl halides is 2. The highest BCUT2D eigenvalue weighted by Gasteiger charge is 2.46. The lowest BCUT2D eigenvalue weighted by molar-refractivity contribution is -0.135. The van der Waals surface area contributed by atoms with Crippen molar-refractivity contribution in [1.29, 1.82) is 5.41 Å². The summed E-state index contributed by atoms with van der Waals surface area (Å²) in [6.07, 6.45) is 5.25. The van der Waals surface area contributed by atoms with Gasteiger partial charge in [-0.1, -0.05) is 17.7 Å². The van der Waals surface area contributed by atoms with Crippen LogP contribution in [-0.4, -0.2) is 65.2 Å². The van der Waals surface area contributed by atoms with Gasteiger partial charge in [0.1, 0.15) is 28.7 Å². The normalized spacial score (nSPS) is 17.4. The number of likely N-dealkylation sites (tertiary alicyclic amines) is 1. The number of aryl methyl sites for hydroxylation is 1. The molecule has 228 valence electrons. The zero-order valence-corrected chi connectivity index (χ0v) is 24.7. The number of aliphatic imine (C=N–C) groups is 1. The van der Waals surface area contributed by atoms with Gasteiger partial charge in [0.05, 0.1) is 24.9 Å². The highest BCUT2D eigenvalue weighted by atomic mass is 35.5. The van der Waals surface area contributed by atoms with Crippen LogP contribution in [0.4, 0.5) is 20.2 Å². The molecule has 2 heterocycles. The molecule has 0 aliphatic carbocycles. The third-order valence-corrected chi connectivity index (χ3v) is 6.72. The molecule has 2 aromatic carbocycles. The molecule has 0 radical (unpaired) electrons. The van der Waals surface area contributed by atoms with E-state index in [2.05, 4.69) is 15.0 Å². The monoisotopic (exact) mass is 614 g/mol. The summed E-state index contributed by atoms with van der Waals surface area (Å²) < 4.78 is 47.5. The van der Waals surface area contributed by atoms with E-state index in [-0.39, 0.29) is 23.4 Å². The molecule has 4 rings (SSSR count). The molecule has 1 aliphatic heterocycles. The number of piperidine rings is 1. The molecule has 0 saturated carbocycles. The van der Waals surface area contributed by atoms with Gasteiger partial charge in [-0.15, -0.1) is 0 Å². The summed E-state index contributed by atoms with van der Waals surface area (Å²) in [5, 5.41) is 7.68. The van der Waals surface area contributed by atoms with Crippen molar-refractivity contribution in [3.05, 3.63) is 71.6 Å². The summed E-state index contributed by atoms with van der Waals surface area (Å²) in [4.78, 5) is 14.5. The number of halogens is 3. The molecule has 14 heteroatoms. The van der Waals surface area contributed by atoms with Crippen LogP contribution in [0.2, 0.25) is 0 Å². The number of methoxy groups -OCH3 is 1. The number of anilines is 1. The van der Waals surface area contributed by atoms with Gasteiger partial charge >= 0.3 is 0 Å². The second-order valence-electron chi connectivity index (χ2n) is 9.91. The van der Waals surface area contributed by atoms with Crippen molar-refractivity contribution in [2.24, 2.45) is 9.98 Å². The summed E-state index contributed by atoms with van der Waals surface area (Å²) in [5.74, 6) is 4.09. The number of nitrogens with two attached hydrogens (primary N) is 2. The maximum Gasteiger partial charge on any atom is 0.296 e. The molecule has 1 saturated heterocycles. The summed E-state index contributed by atoms with van der Waals surface area (Å²) in [6, 6.07) is 9.85. The number of allylic oxidation sites excluding steroid dienone is 1. The number of ether oxygens (including phenoxy) is 3. The Bertz CT molecular complexity index is 1610. The molecule has 0 bridgehead atoms. The number of nitrogens with one attached hydrogen (secondary N) is 1. The molecule has 1 aromatic heterocycles. The van der Waals surface area contributed by atoms with Crippen molar-refractivity contribution in [3.8, 4) is 23.1 Å². The zero-order valence-electron chi connectivity index (χ0n) is 23.9. The molecule has 0 spiro atoms. The summed E-state index contributed by atoms with van der Waals surface area (Å²) >= 11 is 6.07. The number of nitrogens with zero attached hydrogens (tertiary/aromatic N) is 5. The fraction of sp³-hybridized carbons (Fsp3) is 0.310. The smallest absolute Gasteiger partial charge is 0.296 e. The second-order valence-corrected chi connectivity index (χ2v) is 10.3. The molecule has 0 amide bonds. The summed E-state index contributed by atoms with van der Waals surface area (Å²) in [6.45, 7) is 1.89. The molecule has 5 N–H and O–H groups in total. The van der Waals surface area contributed by atoms with Gasteiger partial charge in [0.15, 0.2) is 11.6 Å². The Labute approximate surface area is 252 Å². The van der Waals surface area contributed by atoms with E-state index in [1.807, 2.05) is 6.92 Å². The van der Waals surface area contributed by atoms with E-state index in [0.29, 0.717) is 41.5 Å². The minimum Gasteiger partial charge on any atom is -0.497 e. The first-order valence-corrected chi connectivity index (χ1v) is 13.6. The SMILES string of the molecule is COc1cc(N=CC/C=C\N=c2cc(Oc3ccc(N)cc3C)ncn2N)c(C(=N)Cl)c(OC2CCN(C)CC2(F)F)c1. The van der Waals surface area contributed by atoms with Crippen LogP contribution in [0.5, 0.6) is 23.1 Å². The summed E-state index contributed by atoms with van der Waals surface area (Å²) in [5.41, 5.74) is 7.99. The number of rotatable bonds is 10. The Balaban J connectivity index is 1.50. The molecular formula is C29H33ClF2N8O3. The van der Waals surface area contributed by atoms with Gasteiger partial charge in [-0.05, 0) is 37.7 Å². The second kappa shape index (κ2) is 13.7. The Hall–Kier alpha value is -4.49. The van der Waals surface area contributed by atoms with Crippen molar-refractivity contribution in [2.75, 3.05) is 38.8 Å². The van der Waals surface area contributed by atoms with E-state index in [0.717, 1.165) is 5.56 Å². The number of aromatic nitrogens is 2. The molecule has 1 aliphatic rings. The van der Waals surface area contributed by atoms with E-state index in [9.17, 15) is 8.78 Å². The quantitative estimate of drug-likeness (QED) is 0.169. The topological polar surface area (TPSA) is 149 Å². The van der Waals surface area contributed by atoms with E-state index in [1.165, 1.54) is 30.4 Å². The van der Waals surface area contributed by atoms with Crippen LogP contribution in [0.3, 0.4) is 0 Å². The first-order chi connectivity index (χ1) is 20.5. The van der Waals surface area contributed by atoms with Gasteiger partial charge in [-0.3, -0.25) is 10.4 Å². The lowest BCUT2D eigenvalue weighted by atomic mass is 10.0. The Morgan fingerprint density at radius 2 is 2.05 bits per heavy atom. The number of benzene rings is 2. The largest absolute Gasteiger partial charge is 0.497 e. The van der Waals surface area contributed by atoms with E-state index < -0.39 is 23.7 Å². The average Bonchev–Trinajstić information content (AvgIpc) is 2.94. The van der Waals surface area contributed by atoms with Crippen LogP contribution in [0.25, 0.3) is 0 Å².